The van der Waals surface area contributed by atoms with Crippen molar-refractivity contribution in [2.45, 2.75) is 24.7 Å². The van der Waals surface area contributed by atoms with E-state index in [1.165, 1.54) is 30.0 Å². The van der Waals surface area contributed by atoms with Crippen molar-refractivity contribution in [1.29, 1.82) is 0 Å². The highest BCUT2D eigenvalue weighted by atomic mass is 32.2. The Morgan fingerprint density at radius 3 is 2.25 bits per heavy atom. The average Bonchev–Trinajstić information content (AvgIpc) is 2.80. The van der Waals surface area contributed by atoms with Crippen LogP contribution < -0.4 is 15.4 Å². The van der Waals surface area contributed by atoms with E-state index in [4.69, 9.17) is 4.74 Å². The number of unbranched alkanes of at least 4 members (excludes halogenated alkanes) is 1. The van der Waals surface area contributed by atoms with Crippen LogP contribution in [0.3, 0.4) is 0 Å². The summed E-state index contributed by atoms with van der Waals surface area (Å²) < 4.78 is 19.3. The van der Waals surface area contributed by atoms with Crippen LogP contribution in [-0.4, -0.2) is 24.2 Å². The number of nitrogens with one attached hydrogen (secondary N) is 2. The molecule has 0 aliphatic carbocycles. The normalized spacial score (nSPS) is 10.4. The van der Waals surface area contributed by atoms with Gasteiger partial charge in [-0.15, -0.1) is 11.8 Å². The zero-order valence-corrected chi connectivity index (χ0v) is 18.6. The molecule has 3 aromatic carbocycles. The predicted molar refractivity (Wildman–Crippen MR) is 127 cm³/mol. The van der Waals surface area contributed by atoms with Crippen molar-refractivity contribution >= 4 is 35.0 Å². The Bertz CT molecular complexity index is 1040. The molecule has 0 unspecified atom stereocenters. The highest BCUT2D eigenvalue weighted by Gasteiger charge is 2.11. The maximum absolute atomic E-state index is 13.7. The Kier molecular flexibility index (Phi) is 8.69. The molecule has 0 atom stereocenters. The van der Waals surface area contributed by atoms with Crippen LogP contribution in [-0.2, 0) is 4.79 Å². The molecule has 0 aromatic heterocycles. The number of hydrogen-bond donors (Lipinski definition) is 2. The summed E-state index contributed by atoms with van der Waals surface area (Å²) in [4.78, 5) is 25.3. The SMILES string of the molecule is CCCCOc1ccc(NC(=O)CSc2ccc(NC(=O)c3ccccc3F)cc2)cc1. The van der Waals surface area contributed by atoms with Crippen LogP contribution in [0.2, 0.25) is 0 Å². The summed E-state index contributed by atoms with van der Waals surface area (Å²) in [5.74, 6) is -0.165. The molecular formula is C25H25FN2O3S. The molecule has 3 rings (SSSR count). The third-order valence-corrected chi connectivity index (χ3v) is 5.52. The van der Waals surface area contributed by atoms with Crippen molar-refractivity contribution in [3.05, 3.63) is 84.2 Å². The number of amides is 2. The smallest absolute Gasteiger partial charge is 0.258 e. The van der Waals surface area contributed by atoms with Crippen molar-refractivity contribution in [2.75, 3.05) is 23.0 Å². The number of ether oxygens (including phenoxy) is 1. The number of benzene rings is 3. The van der Waals surface area contributed by atoms with E-state index in [2.05, 4.69) is 17.6 Å². The van der Waals surface area contributed by atoms with Gasteiger partial charge in [0.05, 0.1) is 17.9 Å². The summed E-state index contributed by atoms with van der Waals surface area (Å²) in [5.41, 5.74) is 1.25. The molecule has 0 aliphatic heterocycles. The van der Waals surface area contributed by atoms with Gasteiger partial charge in [0, 0.05) is 16.3 Å². The molecule has 2 N–H and O–H groups in total. The summed E-state index contributed by atoms with van der Waals surface area (Å²) in [6.45, 7) is 2.80. The van der Waals surface area contributed by atoms with Gasteiger partial charge < -0.3 is 15.4 Å². The Morgan fingerprint density at radius 2 is 1.56 bits per heavy atom. The predicted octanol–water partition coefficient (Wildman–Crippen LogP) is 5.99. The summed E-state index contributed by atoms with van der Waals surface area (Å²) >= 11 is 1.38. The number of hydrogen-bond acceptors (Lipinski definition) is 4. The molecule has 166 valence electrons. The zero-order chi connectivity index (χ0) is 22.8. The van der Waals surface area contributed by atoms with E-state index in [-0.39, 0.29) is 17.2 Å². The second kappa shape index (κ2) is 11.9. The van der Waals surface area contributed by atoms with Crippen LogP contribution >= 0.6 is 11.8 Å². The lowest BCUT2D eigenvalue weighted by atomic mass is 10.2. The van der Waals surface area contributed by atoms with Gasteiger partial charge in [0.25, 0.3) is 5.91 Å². The first-order chi connectivity index (χ1) is 15.5. The number of halogens is 1. The molecule has 5 nitrogen and oxygen atoms in total. The average molecular weight is 453 g/mol. The number of rotatable bonds is 10. The fourth-order valence-corrected chi connectivity index (χ4v) is 3.49. The van der Waals surface area contributed by atoms with Crippen molar-refractivity contribution in [3.8, 4) is 5.75 Å². The molecule has 0 saturated heterocycles. The molecule has 0 spiro atoms. The van der Waals surface area contributed by atoms with E-state index in [0.29, 0.717) is 18.0 Å². The first-order valence-electron chi connectivity index (χ1n) is 10.4. The van der Waals surface area contributed by atoms with Gasteiger partial charge in [-0.25, -0.2) is 4.39 Å². The Balaban J connectivity index is 1.45. The van der Waals surface area contributed by atoms with Crippen molar-refractivity contribution in [3.63, 3.8) is 0 Å². The molecule has 0 aliphatic rings. The highest BCUT2D eigenvalue weighted by Crippen LogP contribution is 2.22. The van der Waals surface area contributed by atoms with E-state index < -0.39 is 11.7 Å². The fourth-order valence-electron chi connectivity index (χ4n) is 2.79. The molecule has 7 heteroatoms. The van der Waals surface area contributed by atoms with Gasteiger partial charge in [-0.2, -0.15) is 0 Å². The van der Waals surface area contributed by atoms with E-state index >= 15 is 0 Å². The zero-order valence-electron chi connectivity index (χ0n) is 17.8. The second-order valence-corrected chi connectivity index (χ2v) is 8.07. The quantitative estimate of drug-likeness (QED) is 0.293. The largest absolute Gasteiger partial charge is 0.494 e. The molecule has 32 heavy (non-hydrogen) atoms. The van der Waals surface area contributed by atoms with Crippen LogP contribution in [0, 0.1) is 5.82 Å². The van der Waals surface area contributed by atoms with Gasteiger partial charge in [-0.1, -0.05) is 25.5 Å². The van der Waals surface area contributed by atoms with Gasteiger partial charge in [-0.3, -0.25) is 9.59 Å². The van der Waals surface area contributed by atoms with Crippen LogP contribution in [0.1, 0.15) is 30.1 Å². The maximum atomic E-state index is 13.7. The summed E-state index contributed by atoms with van der Waals surface area (Å²) in [5, 5.41) is 5.53. The molecule has 0 bridgehead atoms. The summed E-state index contributed by atoms with van der Waals surface area (Å²) in [6.07, 6.45) is 2.09. The number of anilines is 2. The number of carbonyl (C=O) groups excluding carboxylic acids is 2. The third-order valence-electron chi connectivity index (χ3n) is 4.51. The van der Waals surface area contributed by atoms with E-state index in [1.807, 2.05) is 24.3 Å². The first-order valence-corrected chi connectivity index (χ1v) is 11.3. The second-order valence-electron chi connectivity index (χ2n) is 7.02. The maximum Gasteiger partial charge on any atom is 0.258 e. The molecule has 3 aromatic rings. The monoisotopic (exact) mass is 452 g/mol. The molecule has 0 radical (unpaired) electrons. The molecule has 0 heterocycles. The highest BCUT2D eigenvalue weighted by molar-refractivity contribution is 8.00. The minimum absolute atomic E-state index is 0.0109. The van der Waals surface area contributed by atoms with Crippen LogP contribution in [0.5, 0.6) is 5.75 Å². The lowest BCUT2D eigenvalue weighted by Crippen LogP contribution is -2.14. The molecule has 0 saturated carbocycles. The van der Waals surface area contributed by atoms with Gasteiger partial charge in [0.1, 0.15) is 11.6 Å². The summed E-state index contributed by atoms with van der Waals surface area (Å²) in [7, 11) is 0. The van der Waals surface area contributed by atoms with Crippen molar-refractivity contribution in [1.82, 2.24) is 0 Å². The van der Waals surface area contributed by atoms with E-state index in [0.717, 1.165) is 23.5 Å². The lowest BCUT2D eigenvalue weighted by Gasteiger charge is -2.09. The van der Waals surface area contributed by atoms with E-state index in [9.17, 15) is 14.0 Å². The molecular weight excluding hydrogens is 427 g/mol. The third kappa shape index (κ3) is 7.13. The van der Waals surface area contributed by atoms with Crippen LogP contribution in [0.4, 0.5) is 15.8 Å². The topological polar surface area (TPSA) is 67.4 Å². The van der Waals surface area contributed by atoms with Gasteiger partial charge in [-0.05, 0) is 67.1 Å². The Hall–Kier alpha value is -3.32. The summed E-state index contributed by atoms with van der Waals surface area (Å²) in [6, 6.07) is 20.2. The van der Waals surface area contributed by atoms with Gasteiger partial charge in [0.2, 0.25) is 5.91 Å². The van der Waals surface area contributed by atoms with Crippen molar-refractivity contribution in [2.24, 2.45) is 0 Å². The van der Waals surface area contributed by atoms with Gasteiger partial charge in [0.15, 0.2) is 0 Å². The number of carbonyl (C=O) groups is 2. The van der Waals surface area contributed by atoms with E-state index in [1.54, 1.807) is 30.3 Å². The first kappa shape index (κ1) is 23.3. The van der Waals surface area contributed by atoms with Crippen LogP contribution in [0.25, 0.3) is 0 Å². The Labute approximate surface area is 191 Å². The minimum Gasteiger partial charge on any atom is -0.494 e. The van der Waals surface area contributed by atoms with Crippen molar-refractivity contribution < 1.29 is 18.7 Å². The molecule has 0 fully saturated rings. The standard InChI is InChI=1S/C25H25FN2O3S/c1-2-3-16-31-20-12-8-18(9-13-20)27-24(29)17-32-21-14-10-19(11-15-21)28-25(30)22-6-4-5-7-23(22)26/h4-15H,2-3,16-17H2,1H3,(H,27,29)(H,28,30). The minimum atomic E-state index is -0.568. The Morgan fingerprint density at radius 1 is 0.906 bits per heavy atom. The lowest BCUT2D eigenvalue weighted by molar-refractivity contribution is -0.113. The number of thioether (sulfide) groups is 1. The van der Waals surface area contributed by atoms with Crippen LogP contribution in [0.15, 0.2) is 77.7 Å². The van der Waals surface area contributed by atoms with Gasteiger partial charge >= 0.3 is 0 Å². The molecule has 2 amide bonds. The fraction of sp³-hybridized carbons (Fsp3) is 0.200.